The molecule has 0 bridgehead atoms. The van der Waals surface area contributed by atoms with E-state index in [1.165, 1.54) is 0 Å². The molecule has 1 aromatic rings. The van der Waals surface area contributed by atoms with Crippen LogP contribution >= 0.6 is 11.9 Å². The monoisotopic (exact) mass is 204 g/mol. The highest BCUT2D eigenvalue weighted by molar-refractivity contribution is 8.00. The Morgan fingerprint density at radius 2 is 2.00 bits per heavy atom. The van der Waals surface area contributed by atoms with Crippen molar-refractivity contribution in [3.8, 4) is 0 Å². The van der Waals surface area contributed by atoms with Crippen LogP contribution in [0.5, 0.6) is 0 Å². The molecule has 0 amide bonds. The molecule has 0 saturated carbocycles. The predicted octanol–water partition coefficient (Wildman–Crippen LogP) is 2.34. The number of hydrogen-bond acceptors (Lipinski definition) is 3. The van der Waals surface area contributed by atoms with E-state index >= 15 is 0 Å². The van der Waals surface area contributed by atoms with E-state index in [0.29, 0.717) is 0 Å². The van der Waals surface area contributed by atoms with Crippen LogP contribution in [0.1, 0.15) is 11.6 Å². The molecule has 72 valence electrons. The smallest absolute Gasteiger partial charge is 0.0709 e. The highest BCUT2D eigenvalue weighted by atomic mass is 32.2. The summed E-state index contributed by atoms with van der Waals surface area (Å²) >= 11 is 1.55. The van der Waals surface area contributed by atoms with Crippen molar-refractivity contribution in [2.24, 2.45) is 5.73 Å². The topological polar surface area (TPSA) is 38.0 Å². The van der Waals surface area contributed by atoms with Gasteiger partial charge in [0.25, 0.3) is 0 Å². The molecule has 1 heterocycles. The Hall–Kier alpha value is -1.19. The van der Waals surface area contributed by atoms with Crippen molar-refractivity contribution in [1.29, 1.82) is 0 Å². The number of allylic oxidation sites excluding steroid dienone is 2. The van der Waals surface area contributed by atoms with E-state index in [9.17, 15) is 0 Å². The van der Waals surface area contributed by atoms with E-state index < -0.39 is 0 Å². The molecule has 3 N–H and O–H groups in total. The maximum atomic E-state index is 6.09. The maximum absolute atomic E-state index is 6.09. The fraction of sp³-hybridized carbons (Fsp3) is 0.0909. The molecular formula is C11H12N2S. The molecule has 0 aliphatic carbocycles. The van der Waals surface area contributed by atoms with Gasteiger partial charge in [0, 0.05) is 5.70 Å². The number of rotatable bonds is 2. The fourth-order valence-electron chi connectivity index (χ4n) is 1.33. The van der Waals surface area contributed by atoms with Crippen molar-refractivity contribution in [3.63, 3.8) is 0 Å². The Labute approximate surface area is 88.0 Å². The molecule has 0 saturated heterocycles. The third-order valence-corrected chi connectivity index (χ3v) is 2.74. The van der Waals surface area contributed by atoms with Gasteiger partial charge in [-0.25, -0.2) is 0 Å². The van der Waals surface area contributed by atoms with Gasteiger partial charge in [-0.3, -0.25) is 0 Å². The first-order valence-electron chi connectivity index (χ1n) is 4.47. The summed E-state index contributed by atoms with van der Waals surface area (Å²) in [6.07, 6.45) is 4.01. The number of benzene rings is 1. The van der Waals surface area contributed by atoms with Gasteiger partial charge in [-0.15, -0.1) is 0 Å². The lowest BCUT2D eigenvalue weighted by Crippen LogP contribution is -2.21. The summed E-state index contributed by atoms with van der Waals surface area (Å²) in [6, 6.07) is 10.0. The van der Waals surface area contributed by atoms with Crippen molar-refractivity contribution in [1.82, 2.24) is 4.72 Å². The second-order valence-corrected chi connectivity index (χ2v) is 3.77. The normalized spacial score (nSPS) is 17.1. The minimum Gasteiger partial charge on any atom is -0.328 e. The fourth-order valence-corrected chi connectivity index (χ4v) is 1.88. The van der Waals surface area contributed by atoms with Crippen LogP contribution in [-0.4, -0.2) is 0 Å². The van der Waals surface area contributed by atoms with Gasteiger partial charge >= 0.3 is 0 Å². The van der Waals surface area contributed by atoms with E-state index in [4.69, 9.17) is 5.73 Å². The summed E-state index contributed by atoms with van der Waals surface area (Å²) in [5.41, 5.74) is 8.26. The van der Waals surface area contributed by atoms with Crippen LogP contribution in [0.15, 0.2) is 53.6 Å². The van der Waals surface area contributed by atoms with Gasteiger partial charge < -0.3 is 10.5 Å². The Kier molecular flexibility index (Phi) is 2.91. The molecule has 0 spiro atoms. The average Bonchev–Trinajstić information content (AvgIpc) is 2.30. The van der Waals surface area contributed by atoms with Gasteiger partial charge in [0.15, 0.2) is 0 Å². The third kappa shape index (κ3) is 2.00. The van der Waals surface area contributed by atoms with Gasteiger partial charge in [-0.1, -0.05) is 36.4 Å². The summed E-state index contributed by atoms with van der Waals surface area (Å²) in [6.45, 7) is 0. The molecular weight excluding hydrogens is 192 g/mol. The molecule has 14 heavy (non-hydrogen) atoms. The largest absolute Gasteiger partial charge is 0.328 e. The van der Waals surface area contributed by atoms with Crippen molar-refractivity contribution < 1.29 is 0 Å². The summed E-state index contributed by atoms with van der Waals surface area (Å²) in [5.74, 6) is 0. The van der Waals surface area contributed by atoms with Crippen LogP contribution < -0.4 is 10.5 Å². The minimum absolute atomic E-state index is 0.0614. The molecule has 2 nitrogen and oxygen atoms in total. The molecule has 1 aliphatic rings. The number of nitrogens with one attached hydrogen (secondary N) is 1. The van der Waals surface area contributed by atoms with E-state index in [0.717, 1.165) is 11.3 Å². The van der Waals surface area contributed by atoms with Crippen LogP contribution in [0.4, 0.5) is 0 Å². The predicted molar refractivity (Wildman–Crippen MR) is 61.3 cm³/mol. The first kappa shape index (κ1) is 9.37. The maximum Gasteiger partial charge on any atom is 0.0709 e. The molecule has 0 fully saturated rings. The van der Waals surface area contributed by atoms with Crippen LogP contribution in [0.3, 0.4) is 0 Å². The van der Waals surface area contributed by atoms with E-state index in [1.807, 2.05) is 47.9 Å². The van der Waals surface area contributed by atoms with Gasteiger partial charge in [0.05, 0.1) is 6.04 Å². The Morgan fingerprint density at radius 3 is 2.64 bits per heavy atom. The van der Waals surface area contributed by atoms with Crippen LogP contribution in [0.2, 0.25) is 0 Å². The zero-order chi connectivity index (χ0) is 9.80. The SMILES string of the molecule is NC(C1=CC=CSN1)c1ccccc1. The molecule has 1 atom stereocenters. The molecule has 3 heteroatoms. The lowest BCUT2D eigenvalue weighted by molar-refractivity contribution is 0.811. The van der Waals surface area contributed by atoms with E-state index in [2.05, 4.69) is 4.72 Å². The van der Waals surface area contributed by atoms with Crippen LogP contribution in [0.25, 0.3) is 0 Å². The van der Waals surface area contributed by atoms with E-state index in [-0.39, 0.29) is 6.04 Å². The summed E-state index contributed by atoms with van der Waals surface area (Å²) in [5, 5.41) is 1.99. The van der Waals surface area contributed by atoms with E-state index in [1.54, 1.807) is 11.9 Å². The Balaban J connectivity index is 2.19. The molecule has 1 aromatic carbocycles. The van der Waals surface area contributed by atoms with Crippen molar-refractivity contribution in [2.75, 3.05) is 0 Å². The highest BCUT2D eigenvalue weighted by Crippen LogP contribution is 2.21. The third-order valence-electron chi connectivity index (χ3n) is 2.09. The van der Waals surface area contributed by atoms with Crippen molar-refractivity contribution in [2.45, 2.75) is 6.04 Å². The lowest BCUT2D eigenvalue weighted by atomic mass is 10.0. The highest BCUT2D eigenvalue weighted by Gasteiger charge is 2.11. The summed E-state index contributed by atoms with van der Waals surface area (Å²) in [4.78, 5) is 0. The van der Waals surface area contributed by atoms with Gasteiger partial charge in [0.2, 0.25) is 0 Å². The molecule has 1 unspecified atom stereocenters. The lowest BCUT2D eigenvalue weighted by Gasteiger charge is -2.18. The van der Waals surface area contributed by atoms with Crippen molar-refractivity contribution >= 4 is 11.9 Å². The Morgan fingerprint density at radius 1 is 1.21 bits per heavy atom. The molecule has 0 radical (unpaired) electrons. The van der Waals surface area contributed by atoms with Gasteiger partial charge in [0.1, 0.15) is 0 Å². The molecule has 0 aromatic heterocycles. The van der Waals surface area contributed by atoms with Gasteiger partial charge in [-0.2, -0.15) is 0 Å². The zero-order valence-electron chi connectivity index (χ0n) is 7.68. The quantitative estimate of drug-likeness (QED) is 0.726. The van der Waals surface area contributed by atoms with Gasteiger partial charge in [-0.05, 0) is 29.0 Å². The molecule has 1 aliphatic heterocycles. The van der Waals surface area contributed by atoms with Crippen LogP contribution in [0, 0.1) is 0 Å². The zero-order valence-corrected chi connectivity index (χ0v) is 8.50. The number of hydrogen-bond donors (Lipinski definition) is 2. The summed E-state index contributed by atoms with van der Waals surface area (Å²) < 4.78 is 3.18. The summed E-state index contributed by atoms with van der Waals surface area (Å²) in [7, 11) is 0. The first-order chi connectivity index (χ1) is 6.88. The molecule has 2 rings (SSSR count). The number of nitrogens with two attached hydrogens (primary N) is 1. The second kappa shape index (κ2) is 4.35. The average molecular weight is 204 g/mol. The van der Waals surface area contributed by atoms with Crippen LogP contribution in [-0.2, 0) is 0 Å². The standard InChI is InChI=1S/C11H12N2S/c12-11(9-5-2-1-3-6-9)10-7-4-8-14-13-10/h1-8,11,13H,12H2. The Bertz CT molecular complexity index is 357. The van der Waals surface area contributed by atoms with Crippen molar-refractivity contribution in [3.05, 3.63) is 59.2 Å². The minimum atomic E-state index is -0.0614. The first-order valence-corrected chi connectivity index (χ1v) is 5.35. The second-order valence-electron chi connectivity index (χ2n) is 3.06.